The van der Waals surface area contributed by atoms with Crippen LogP contribution in [0, 0.1) is 5.92 Å². The van der Waals surface area contributed by atoms with E-state index in [1.165, 1.54) is 25.7 Å². The lowest BCUT2D eigenvalue weighted by atomic mass is 9.95. The highest BCUT2D eigenvalue weighted by Crippen LogP contribution is 2.28. The molecule has 0 radical (unpaired) electrons. The number of rotatable bonds is 6. The van der Waals surface area contributed by atoms with Crippen molar-refractivity contribution >= 4 is 17.5 Å². The third-order valence-electron chi connectivity index (χ3n) is 4.46. The van der Waals surface area contributed by atoms with Gasteiger partial charge in [-0.1, -0.05) is 36.6 Å². The predicted octanol–water partition coefficient (Wildman–Crippen LogP) is 3.90. The monoisotopic (exact) mass is 309 g/mol. The van der Waals surface area contributed by atoms with E-state index in [0.717, 1.165) is 5.56 Å². The largest absolute Gasteiger partial charge is 0.372 e. The van der Waals surface area contributed by atoms with Crippen molar-refractivity contribution in [3.8, 4) is 0 Å². The Balaban J connectivity index is 1.93. The van der Waals surface area contributed by atoms with Gasteiger partial charge in [-0.25, -0.2) is 0 Å². The second kappa shape index (κ2) is 7.28. The van der Waals surface area contributed by atoms with Gasteiger partial charge in [-0.15, -0.1) is 0 Å². The van der Waals surface area contributed by atoms with Crippen LogP contribution in [-0.4, -0.2) is 19.6 Å². The van der Waals surface area contributed by atoms with E-state index in [9.17, 15) is 4.79 Å². The minimum absolute atomic E-state index is 0.118. The molecule has 1 atom stereocenters. The molecule has 1 amide bonds. The van der Waals surface area contributed by atoms with E-state index in [2.05, 4.69) is 5.32 Å². The Morgan fingerprint density at radius 1 is 1.43 bits per heavy atom. The summed E-state index contributed by atoms with van der Waals surface area (Å²) < 4.78 is 5.63. The SMILES string of the molecule is COC(C)(CNC(=O)CC1CCCC1)c1cccc(Cl)c1. The van der Waals surface area contributed by atoms with Crippen LogP contribution in [0.25, 0.3) is 0 Å². The molecular formula is C17H24ClNO2. The zero-order chi connectivity index (χ0) is 15.3. The summed E-state index contributed by atoms with van der Waals surface area (Å²) in [6.07, 6.45) is 5.52. The number of hydrogen-bond acceptors (Lipinski definition) is 2. The summed E-state index contributed by atoms with van der Waals surface area (Å²) in [5.41, 5.74) is 0.412. The van der Waals surface area contributed by atoms with E-state index in [4.69, 9.17) is 16.3 Å². The van der Waals surface area contributed by atoms with Crippen molar-refractivity contribution < 1.29 is 9.53 Å². The minimum Gasteiger partial charge on any atom is -0.372 e. The second-order valence-electron chi connectivity index (χ2n) is 6.08. The molecule has 1 aromatic rings. The van der Waals surface area contributed by atoms with Gasteiger partial charge in [-0.3, -0.25) is 4.79 Å². The van der Waals surface area contributed by atoms with Gasteiger partial charge in [0.05, 0.1) is 6.54 Å². The lowest BCUT2D eigenvalue weighted by molar-refractivity contribution is -0.123. The third-order valence-corrected chi connectivity index (χ3v) is 4.69. The Kier molecular flexibility index (Phi) is 5.65. The first-order chi connectivity index (χ1) is 10.0. The summed E-state index contributed by atoms with van der Waals surface area (Å²) in [7, 11) is 1.66. The maximum Gasteiger partial charge on any atom is 0.220 e. The van der Waals surface area contributed by atoms with Gasteiger partial charge < -0.3 is 10.1 Å². The first kappa shape index (κ1) is 16.3. The van der Waals surface area contributed by atoms with Crippen LogP contribution in [0.5, 0.6) is 0 Å². The Labute approximate surface area is 132 Å². The Bertz CT molecular complexity index is 485. The van der Waals surface area contributed by atoms with Gasteiger partial charge in [0.2, 0.25) is 5.91 Å². The summed E-state index contributed by atoms with van der Waals surface area (Å²) in [4.78, 5) is 12.1. The average molecular weight is 310 g/mol. The van der Waals surface area contributed by atoms with Crippen LogP contribution in [-0.2, 0) is 15.1 Å². The van der Waals surface area contributed by atoms with E-state index in [-0.39, 0.29) is 5.91 Å². The van der Waals surface area contributed by atoms with Crippen molar-refractivity contribution in [1.29, 1.82) is 0 Å². The van der Waals surface area contributed by atoms with Gasteiger partial charge >= 0.3 is 0 Å². The molecule has 3 nitrogen and oxygen atoms in total. The number of carbonyl (C=O) groups excluding carboxylic acids is 1. The first-order valence-corrected chi connectivity index (χ1v) is 7.99. The van der Waals surface area contributed by atoms with Gasteiger partial charge in [0.25, 0.3) is 0 Å². The normalized spacial score (nSPS) is 18.4. The van der Waals surface area contributed by atoms with Gasteiger partial charge in [0, 0.05) is 18.6 Å². The van der Waals surface area contributed by atoms with Crippen molar-refractivity contribution in [2.45, 2.75) is 44.6 Å². The zero-order valence-electron chi connectivity index (χ0n) is 12.8. The summed E-state index contributed by atoms with van der Waals surface area (Å²) in [6.45, 7) is 2.42. The predicted molar refractivity (Wildman–Crippen MR) is 85.4 cm³/mol. The van der Waals surface area contributed by atoms with E-state index in [0.29, 0.717) is 23.9 Å². The fourth-order valence-electron chi connectivity index (χ4n) is 2.93. The lowest BCUT2D eigenvalue weighted by Crippen LogP contribution is -2.40. The molecule has 1 fully saturated rings. The molecule has 0 aromatic heterocycles. The number of nitrogens with one attached hydrogen (secondary N) is 1. The fourth-order valence-corrected chi connectivity index (χ4v) is 3.12. The quantitative estimate of drug-likeness (QED) is 0.865. The van der Waals surface area contributed by atoms with E-state index in [1.807, 2.05) is 31.2 Å². The number of halogens is 1. The molecule has 116 valence electrons. The van der Waals surface area contributed by atoms with E-state index >= 15 is 0 Å². The lowest BCUT2D eigenvalue weighted by Gasteiger charge is -2.29. The first-order valence-electron chi connectivity index (χ1n) is 7.61. The number of amides is 1. The van der Waals surface area contributed by atoms with Gasteiger partial charge in [-0.2, -0.15) is 0 Å². The highest BCUT2D eigenvalue weighted by Gasteiger charge is 2.27. The second-order valence-corrected chi connectivity index (χ2v) is 6.51. The molecule has 0 saturated heterocycles. The van der Waals surface area contributed by atoms with Crippen molar-refractivity contribution in [2.75, 3.05) is 13.7 Å². The maximum atomic E-state index is 12.1. The van der Waals surface area contributed by atoms with Gasteiger partial charge in [0.15, 0.2) is 0 Å². The number of methoxy groups -OCH3 is 1. The average Bonchev–Trinajstić information content (AvgIpc) is 2.97. The Morgan fingerprint density at radius 3 is 2.76 bits per heavy atom. The van der Waals surface area contributed by atoms with E-state index in [1.54, 1.807) is 7.11 Å². The molecule has 0 aliphatic heterocycles. The van der Waals surface area contributed by atoms with E-state index < -0.39 is 5.60 Å². The summed E-state index contributed by atoms with van der Waals surface area (Å²) in [6, 6.07) is 7.59. The molecule has 2 rings (SSSR count). The van der Waals surface area contributed by atoms with Crippen LogP contribution in [0.1, 0.15) is 44.6 Å². The van der Waals surface area contributed by atoms with Crippen LogP contribution in [0.15, 0.2) is 24.3 Å². The topological polar surface area (TPSA) is 38.3 Å². The zero-order valence-corrected chi connectivity index (χ0v) is 13.6. The van der Waals surface area contributed by atoms with Crippen LogP contribution < -0.4 is 5.32 Å². The molecule has 21 heavy (non-hydrogen) atoms. The van der Waals surface area contributed by atoms with Crippen molar-refractivity contribution in [2.24, 2.45) is 5.92 Å². The number of benzene rings is 1. The highest BCUT2D eigenvalue weighted by molar-refractivity contribution is 6.30. The smallest absolute Gasteiger partial charge is 0.220 e. The minimum atomic E-state index is -0.559. The van der Waals surface area contributed by atoms with Gasteiger partial charge in [0.1, 0.15) is 5.60 Å². The number of ether oxygens (including phenoxy) is 1. The summed E-state index contributed by atoms with van der Waals surface area (Å²) in [5, 5.41) is 3.69. The van der Waals surface area contributed by atoms with Gasteiger partial charge in [-0.05, 0) is 43.4 Å². The van der Waals surface area contributed by atoms with Crippen molar-refractivity contribution in [3.63, 3.8) is 0 Å². The molecular weight excluding hydrogens is 286 g/mol. The molecule has 1 N–H and O–H groups in total. The molecule has 0 heterocycles. The van der Waals surface area contributed by atoms with Crippen molar-refractivity contribution in [3.05, 3.63) is 34.9 Å². The molecule has 0 bridgehead atoms. The third kappa shape index (κ3) is 4.45. The number of hydrogen-bond donors (Lipinski definition) is 1. The number of carbonyl (C=O) groups is 1. The molecule has 1 saturated carbocycles. The molecule has 1 aromatic carbocycles. The van der Waals surface area contributed by atoms with Crippen LogP contribution in [0.3, 0.4) is 0 Å². The molecule has 1 aliphatic carbocycles. The van der Waals surface area contributed by atoms with Crippen LogP contribution in [0.2, 0.25) is 5.02 Å². The molecule has 0 spiro atoms. The molecule has 4 heteroatoms. The molecule has 1 aliphatic rings. The highest BCUT2D eigenvalue weighted by atomic mass is 35.5. The fraction of sp³-hybridized carbons (Fsp3) is 0.588. The summed E-state index contributed by atoms with van der Waals surface area (Å²) >= 11 is 6.04. The molecule has 1 unspecified atom stereocenters. The Morgan fingerprint density at radius 2 is 2.14 bits per heavy atom. The van der Waals surface area contributed by atoms with Crippen LogP contribution >= 0.6 is 11.6 Å². The van der Waals surface area contributed by atoms with Crippen LogP contribution in [0.4, 0.5) is 0 Å². The Hall–Kier alpha value is -1.06. The standard InChI is InChI=1S/C17H24ClNO2/c1-17(21-2,14-8-5-9-15(18)11-14)12-19-16(20)10-13-6-3-4-7-13/h5,8-9,11,13H,3-4,6-7,10,12H2,1-2H3,(H,19,20). The van der Waals surface area contributed by atoms with Crippen molar-refractivity contribution in [1.82, 2.24) is 5.32 Å². The maximum absolute atomic E-state index is 12.1. The summed E-state index contributed by atoms with van der Waals surface area (Å²) in [5.74, 6) is 0.678.